The second-order valence-electron chi connectivity index (χ2n) is 7.44. The number of hydrogen-bond donors (Lipinski definition) is 1. The number of carbonyl (C=O) groups is 1. The average Bonchev–Trinajstić information content (AvgIpc) is 3.34. The fraction of sp³-hybridized carbons (Fsp3) is 0.632. The summed E-state index contributed by atoms with van der Waals surface area (Å²) in [4.78, 5) is 14.8. The molecule has 4 nitrogen and oxygen atoms in total. The highest BCUT2D eigenvalue weighted by atomic mass is 35.5. The lowest BCUT2D eigenvalue weighted by molar-refractivity contribution is -0.121. The van der Waals surface area contributed by atoms with E-state index >= 15 is 0 Å². The van der Waals surface area contributed by atoms with Crippen LogP contribution in [0.25, 0.3) is 0 Å². The molecule has 1 aromatic rings. The van der Waals surface area contributed by atoms with Gasteiger partial charge < -0.3 is 10.1 Å². The molecule has 0 unspecified atom stereocenters. The number of morpholine rings is 1. The minimum Gasteiger partial charge on any atom is -0.375 e. The van der Waals surface area contributed by atoms with E-state index in [9.17, 15) is 4.79 Å². The van der Waals surface area contributed by atoms with Gasteiger partial charge in [-0.15, -0.1) is 0 Å². The van der Waals surface area contributed by atoms with E-state index in [0.717, 1.165) is 49.0 Å². The third kappa shape index (κ3) is 3.93. The van der Waals surface area contributed by atoms with Crippen molar-refractivity contribution < 1.29 is 9.53 Å². The number of fused-ring (bicyclic) bond motifs is 1. The van der Waals surface area contributed by atoms with Gasteiger partial charge in [0.25, 0.3) is 0 Å². The zero-order chi connectivity index (χ0) is 16.5. The molecule has 1 aromatic carbocycles. The summed E-state index contributed by atoms with van der Waals surface area (Å²) in [7, 11) is 0. The van der Waals surface area contributed by atoms with Gasteiger partial charge >= 0.3 is 0 Å². The molecule has 1 saturated carbocycles. The fourth-order valence-electron chi connectivity index (χ4n) is 3.97. The first-order valence-electron chi connectivity index (χ1n) is 9.07. The number of hydrogen-bond acceptors (Lipinski definition) is 3. The van der Waals surface area contributed by atoms with Crippen molar-refractivity contribution >= 4 is 17.5 Å². The Labute approximate surface area is 148 Å². The van der Waals surface area contributed by atoms with Crippen LogP contribution in [0.5, 0.6) is 0 Å². The summed E-state index contributed by atoms with van der Waals surface area (Å²) in [5.41, 5.74) is 1.15. The van der Waals surface area contributed by atoms with Crippen molar-refractivity contribution in [3.8, 4) is 0 Å². The molecule has 0 bridgehead atoms. The van der Waals surface area contributed by atoms with Crippen molar-refractivity contribution in [3.05, 3.63) is 34.9 Å². The number of nitrogens with one attached hydrogen (secondary N) is 1. The van der Waals surface area contributed by atoms with Crippen LogP contribution in [0.15, 0.2) is 24.3 Å². The third-order valence-electron chi connectivity index (χ3n) is 5.51. The van der Waals surface area contributed by atoms with Gasteiger partial charge in [-0.3, -0.25) is 9.69 Å². The van der Waals surface area contributed by atoms with Crippen LogP contribution in [0.2, 0.25) is 5.02 Å². The average molecular weight is 349 g/mol. The molecule has 0 radical (unpaired) electrons. The van der Waals surface area contributed by atoms with Gasteiger partial charge in [-0.25, -0.2) is 0 Å². The van der Waals surface area contributed by atoms with E-state index in [-0.39, 0.29) is 11.9 Å². The molecule has 3 aliphatic rings. The Bertz CT molecular complexity index is 588. The Morgan fingerprint density at radius 3 is 2.79 bits per heavy atom. The highest BCUT2D eigenvalue weighted by Gasteiger charge is 2.42. The van der Waals surface area contributed by atoms with Crippen LogP contribution in [0.4, 0.5) is 0 Å². The minimum absolute atomic E-state index is 0.148. The van der Waals surface area contributed by atoms with Crippen LogP contribution in [0, 0.1) is 5.92 Å². The quantitative estimate of drug-likeness (QED) is 0.889. The molecule has 130 valence electrons. The van der Waals surface area contributed by atoms with Crippen LogP contribution in [0.3, 0.4) is 0 Å². The lowest BCUT2D eigenvalue weighted by atomic mass is 10.1. The van der Waals surface area contributed by atoms with Gasteiger partial charge in [0.2, 0.25) is 5.91 Å². The monoisotopic (exact) mass is 348 g/mol. The zero-order valence-corrected chi connectivity index (χ0v) is 14.7. The fourth-order valence-corrected chi connectivity index (χ4v) is 4.09. The molecule has 1 amide bonds. The molecule has 0 spiro atoms. The maximum atomic E-state index is 12.2. The summed E-state index contributed by atoms with van der Waals surface area (Å²) < 4.78 is 6.02. The summed E-state index contributed by atoms with van der Waals surface area (Å²) in [6.07, 6.45) is 5.40. The van der Waals surface area contributed by atoms with Crippen LogP contribution in [-0.2, 0) is 16.0 Å². The van der Waals surface area contributed by atoms with Crippen LogP contribution >= 0.6 is 11.6 Å². The number of aryl methyl sites for hydroxylation is 1. The van der Waals surface area contributed by atoms with Gasteiger partial charge in [0.05, 0.1) is 12.7 Å². The SMILES string of the molecule is O=C(CCc1ccc(Cl)cc1)N[C@H]1C[C@H]2CO[C@@H](C3CC3)CN2C1. The van der Waals surface area contributed by atoms with E-state index < -0.39 is 0 Å². The molecule has 24 heavy (non-hydrogen) atoms. The Kier molecular flexibility index (Phi) is 4.79. The molecular weight excluding hydrogens is 324 g/mol. The van der Waals surface area contributed by atoms with Crippen molar-refractivity contribution in [2.45, 2.75) is 50.3 Å². The smallest absolute Gasteiger partial charge is 0.220 e. The van der Waals surface area contributed by atoms with Gasteiger partial charge in [-0.05, 0) is 49.3 Å². The summed E-state index contributed by atoms with van der Waals surface area (Å²) in [5, 5.41) is 3.95. The van der Waals surface area contributed by atoms with E-state index in [4.69, 9.17) is 16.3 Å². The first-order valence-corrected chi connectivity index (χ1v) is 9.44. The van der Waals surface area contributed by atoms with Crippen LogP contribution in [0.1, 0.15) is 31.2 Å². The Morgan fingerprint density at radius 2 is 2.04 bits per heavy atom. The van der Waals surface area contributed by atoms with E-state index in [1.54, 1.807) is 0 Å². The highest BCUT2D eigenvalue weighted by Crippen LogP contribution is 2.37. The maximum Gasteiger partial charge on any atom is 0.220 e. The third-order valence-corrected chi connectivity index (χ3v) is 5.76. The molecule has 5 heteroatoms. The zero-order valence-electron chi connectivity index (χ0n) is 13.9. The molecule has 2 saturated heterocycles. The second-order valence-corrected chi connectivity index (χ2v) is 7.88. The number of amides is 1. The Hall–Kier alpha value is -1.10. The molecule has 3 atom stereocenters. The standard InChI is InChI=1S/C19H25ClN2O2/c20-15-6-1-13(2-7-15)3-8-19(23)21-16-9-17-12-24-18(14-4-5-14)11-22(17)10-16/h1-2,6-7,14,16-18H,3-5,8-12H2,(H,21,23)/t16-,17-,18+/m0/s1. The van der Waals surface area contributed by atoms with Crippen molar-refractivity contribution in [1.29, 1.82) is 0 Å². The Balaban J connectivity index is 1.22. The van der Waals surface area contributed by atoms with Gasteiger partial charge in [0.15, 0.2) is 0 Å². The summed E-state index contributed by atoms with van der Waals surface area (Å²) in [6, 6.07) is 8.48. The van der Waals surface area contributed by atoms with Crippen LogP contribution < -0.4 is 5.32 Å². The number of carbonyl (C=O) groups excluding carboxylic acids is 1. The number of halogens is 1. The molecular formula is C19H25ClN2O2. The van der Waals surface area contributed by atoms with E-state index in [0.29, 0.717) is 18.6 Å². The van der Waals surface area contributed by atoms with Gasteiger partial charge in [-0.2, -0.15) is 0 Å². The number of nitrogens with zero attached hydrogens (tertiary/aromatic N) is 1. The normalized spacial score (nSPS) is 30.1. The molecule has 2 heterocycles. The Morgan fingerprint density at radius 1 is 1.25 bits per heavy atom. The van der Waals surface area contributed by atoms with Gasteiger partial charge in [-0.1, -0.05) is 23.7 Å². The summed E-state index contributed by atoms with van der Waals surface area (Å²) in [6.45, 7) is 2.86. The molecule has 1 N–H and O–H groups in total. The number of benzene rings is 1. The van der Waals surface area contributed by atoms with Gasteiger partial charge in [0.1, 0.15) is 0 Å². The molecule has 1 aliphatic carbocycles. The summed E-state index contributed by atoms with van der Waals surface area (Å²) >= 11 is 5.89. The highest BCUT2D eigenvalue weighted by molar-refractivity contribution is 6.30. The number of rotatable bonds is 5. The number of ether oxygens (including phenoxy) is 1. The first kappa shape index (κ1) is 16.4. The maximum absolute atomic E-state index is 12.2. The predicted molar refractivity (Wildman–Crippen MR) is 94.1 cm³/mol. The summed E-state index contributed by atoms with van der Waals surface area (Å²) in [5.74, 6) is 0.938. The van der Waals surface area contributed by atoms with E-state index in [1.807, 2.05) is 24.3 Å². The molecule has 0 aromatic heterocycles. The molecule has 2 aliphatic heterocycles. The van der Waals surface area contributed by atoms with Crippen molar-refractivity contribution in [1.82, 2.24) is 10.2 Å². The van der Waals surface area contributed by atoms with E-state index in [1.165, 1.54) is 12.8 Å². The minimum atomic E-state index is 0.148. The largest absolute Gasteiger partial charge is 0.375 e. The molecule has 3 fully saturated rings. The lowest BCUT2D eigenvalue weighted by Gasteiger charge is -2.35. The van der Waals surface area contributed by atoms with Gasteiger partial charge in [0, 0.05) is 36.6 Å². The molecule has 4 rings (SSSR count). The second kappa shape index (κ2) is 7.03. The first-order chi connectivity index (χ1) is 11.7. The lowest BCUT2D eigenvalue weighted by Crippen LogP contribution is -2.47. The van der Waals surface area contributed by atoms with Crippen LogP contribution in [-0.4, -0.2) is 48.7 Å². The van der Waals surface area contributed by atoms with Crippen molar-refractivity contribution in [2.24, 2.45) is 5.92 Å². The predicted octanol–water partition coefficient (Wildman–Crippen LogP) is 2.64. The van der Waals surface area contributed by atoms with Crippen molar-refractivity contribution in [3.63, 3.8) is 0 Å². The van der Waals surface area contributed by atoms with E-state index in [2.05, 4.69) is 10.2 Å². The topological polar surface area (TPSA) is 41.6 Å². The van der Waals surface area contributed by atoms with Crippen molar-refractivity contribution in [2.75, 3.05) is 19.7 Å².